The zero-order valence-corrected chi connectivity index (χ0v) is 11.7. The minimum atomic E-state index is -1.47. The number of hydrogen-bond acceptors (Lipinski definition) is 2. The van der Waals surface area contributed by atoms with Crippen molar-refractivity contribution in [2.75, 3.05) is 7.11 Å². The Balaban J connectivity index is 2.76. The van der Waals surface area contributed by atoms with E-state index in [-0.39, 0.29) is 0 Å². The van der Waals surface area contributed by atoms with E-state index < -0.39 is 8.32 Å². The molecule has 16 heavy (non-hydrogen) atoms. The molecule has 0 aliphatic carbocycles. The van der Waals surface area contributed by atoms with E-state index in [0.717, 1.165) is 11.3 Å². The van der Waals surface area contributed by atoms with E-state index in [4.69, 9.17) is 9.16 Å². The Hall–Kier alpha value is -1.22. The van der Waals surface area contributed by atoms with Gasteiger partial charge in [0.05, 0.1) is 13.4 Å². The molecule has 0 fully saturated rings. The van der Waals surface area contributed by atoms with Crippen molar-refractivity contribution in [1.82, 2.24) is 0 Å². The van der Waals surface area contributed by atoms with Crippen LogP contribution < -0.4 is 4.74 Å². The summed E-state index contributed by atoms with van der Waals surface area (Å²) < 4.78 is 10.9. The summed E-state index contributed by atoms with van der Waals surface area (Å²) >= 11 is 0. The fraction of sp³-hybridized carbons (Fsp3) is 0.385. The first-order valence-corrected chi connectivity index (χ1v) is 8.82. The highest BCUT2D eigenvalue weighted by Gasteiger charge is 2.13. The van der Waals surface area contributed by atoms with Crippen LogP contribution in [0.15, 0.2) is 30.5 Å². The second-order valence-corrected chi connectivity index (χ2v) is 9.22. The topological polar surface area (TPSA) is 18.5 Å². The van der Waals surface area contributed by atoms with E-state index in [1.54, 1.807) is 7.11 Å². The minimum absolute atomic E-state index is 0.877. The lowest BCUT2D eigenvalue weighted by Gasteiger charge is -2.16. The lowest BCUT2D eigenvalue weighted by molar-refractivity contribution is 0.414. The summed E-state index contributed by atoms with van der Waals surface area (Å²) in [5.74, 6) is 0.877. The smallest absolute Gasteiger partial charge is 0.241 e. The van der Waals surface area contributed by atoms with E-state index in [9.17, 15) is 0 Å². The second kappa shape index (κ2) is 5.21. The molecule has 0 amide bonds. The largest absolute Gasteiger partial charge is 0.549 e. The van der Waals surface area contributed by atoms with Crippen molar-refractivity contribution in [1.29, 1.82) is 0 Å². The Labute approximate surface area is 99.0 Å². The van der Waals surface area contributed by atoms with Crippen molar-refractivity contribution >= 4 is 13.9 Å². The van der Waals surface area contributed by atoms with Gasteiger partial charge in [-0.3, -0.25) is 0 Å². The van der Waals surface area contributed by atoms with Crippen LogP contribution in [-0.2, 0) is 4.43 Å². The molecule has 0 bridgehead atoms. The summed E-state index contributed by atoms with van der Waals surface area (Å²) in [6.07, 6.45) is 1.87. The fourth-order valence-electron chi connectivity index (χ4n) is 1.19. The molecule has 1 rings (SSSR count). The van der Waals surface area contributed by atoms with E-state index in [2.05, 4.69) is 26.6 Å². The van der Waals surface area contributed by atoms with Gasteiger partial charge in [-0.2, -0.15) is 0 Å². The van der Waals surface area contributed by atoms with Gasteiger partial charge in [-0.05, 0) is 49.8 Å². The van der Waals surface area contributed by atoms with Gasteiger partial charge in [0, 0.05) is 0 Å². The minimum Gasteiger partial charge on any atom is -0.549 e. The maximum Gasteiger partial charge on any atom is 0.241 e. The highest BCUT2D eigenvalue weighted by Crippen LogP contribution is 2.19. The number of benzene rings is 1. The number of rotatable bonds is 4. The summed E-state index contributed by atoms with van der Waals surface area (Å²) in [5.41, 5.74) is 2.31. The predicted molar refractivity (Wildman–Crippen MR) is 71.1 cm³/mol. The van der Waals surface area contributed by atoms with Crippen LogP contribution >= 0.6 is 0 Å². The van der Waals surface area contributed by atoms with Gasteiger partial charge in [0.1, 0.15) is 5.75 Å². The number of allylic oxidation sites excluding steroid dienone is 1. The van der Waals surface area contributed by atoms with Crippen molar-refractivity contribution in [2.24, 2.45) is 0 Å². The summed E-state index contributed by atoms with van der Waals surface area (Å²) in [5, 5.41) is 0. The van der Waals surface area contributed by atoms with Crippen molar-refractivity contribution in [3.63, 3.8) is 0 Å². The molecule has 0 saturated heterocycles. The Morgan fingerprint density at radius 2 is 1.69 bits per heavy atom. The average Bonchev–Trinajstić information content (AvgIpc) is 2.25. The molecule has 0 radical (unpaired) electrons. The van der Waals surface area contributed by atoms with Gasteiger partial charge in [-0.15, -0.1) is 0 Å². The molecule has 0 atom stereocenters. The molecule has 0 N–H and O–H groups in total. The third kappa shape index (κ3) is 4.11. The lowest BCUT2D eigenvalue weighted by Crippen LogP contribution is -2.22. The third-order valence-electron chi connectivity index (χ3n) is 2.13. The number of methoxy groups -OCH3 is 1. The van der Waals surface area contributed by atoms with Crippen molar-refractivity contribution in [2.45, 2.75) is 26.6 Å². The monoisotopic (exact) mass is 236 g/mol. The van der Waals surface area contributed by atoms with Crippen LogP contribution in [0.2, 0.25) is 19.6 Å². The molecule has 1 aromatic carbocycles. The van der Waals surface area contributed by atoms with E-state index in [0.29, 0.717) is 0 Å². The predicted octanol–water partition coefficient (Wildman–Crippen LogP) is 3.91. The first kappa shape index (κ1) is 12.8. The van der Waals surface area contributed by atoms with Gasteiger partial charge in [0.15, 0.2) is 0 Å². The Morgan fingerprint density at radius 3 is 2.12 bits per heavy atom. The first-order valence-electron chi connectivity index (χ1n) is 5.41. The van der Waals surface area contributed by atoms with Crippen LogP contribution in [0, 0.1) is 0 Å². The standard InChI is InChI=1S/C13H20O2Si/c1-11(10-15-16(3,4)5)12-6-8-13(14-2)9-7-12/h6-10H,1-5H3/b11-10+. The molecule has 0 aliphatic rings. The molecule has 0 heterocycles. The van der Waals surface area contributed by atoms with Gasteiger partial charge in [-0.25, -0.2) is 0 Å². The number of ether oxygens (including phenoxy) is 1. The highest BCUT2D eigenvalue weighted by atomic mass is 28.4. The normalized spacial score (nSPS) is 12.4. The summed E-state index contributed by atoms with van der Waals surface area (Å²) in [7, 11) is 0.201. The maximum atomic E-state index is 5.75. The van der Waals surface area contributed by atoms with E-state index in [1.165, 1.54) is 5.56 Å². The lowest BCUT2D eigenvalue weighted by atomic mass is 10.1. The van der Waals surface area contributed by atoms with Crippen LogP contribution in [0.3, 0.4) is 0 Å². The van der Waals surface area contributed by atoms with Crippen LogP contribution in [0.25, 0.3) is 5.57 Å². The van der Waals surface area contributed by atoms with E-state index in [1.807, 2.05) is 30.5 Å². The van der Waals surface area contributed by atoms with Gasteiger partial charge in [0.25, 0.3) is 0 Å². The average molecular weight is 236 g/mol. The third-order valence-corrected chi connectivity index (χ3v) is 2.96. The molecule has 0 aromatic heterocycles. The molecular weight excluding hydrogens is 216 g/mol. The van der Waals surface area contributed by atoms with Crippen molar-refractivity contribution in [3.8, 4) is 5.75 Å². The molecular formula is C13H20O2Si. The molecule has 0 spiro atoms. The number of hydrogen-bond donors (Lipinski definition) is 0. The first-order chi connectivity index (χ1) is 7.42. The molecule has 2 nitrogen and oxygen atoms in total. The van der Waals surface area contributed by atoms with Crippen molar-refractivity contribution < 1.29 is 9.16 Å². The van der Waals surface area contributed by atoms with Gasteiger partial charge in [0.2, 0.25) is 8.32 Å². The molecule has 0 unspecified atom stereocenters. The fourth-order valence-corrected chi connectivity index (χ4v) is 1.72. The zero-order valence-electron chi connectivity index (χ0n) is 10.7. The molecule has 1 aromatic rings. The SMILES string of the molecule is COc1ccc(/C(C)=C/O[Si](C)(C)C)cc1. The Morgan fingerprint density at radius 1 is 1.12 bits per heavy atom. The van der Waals surface area contributed by atoms with Crippen LogP contribution in [-0.4, -0.2) is 15.4 Å². The Bertz CT molecular complexity index is 361. The van der Waals surface area contributed by atoms with Gasteiger partial charge in [-0.1, -0.05) is 12.1 Å². The second-order valence-electron chi connectivity index (χ2n) is 4.76. The van der Waals surface area contributed by atoms with Crippen LogP contribution in [0.1, 0.15) is 12.5 Å². The summed E-state index contributed by atoms with van der Waals surface area (Å²) in [4.78, 5) is 0. The molecule has 0 aliphatic heterocycles. The quantitative estimate of drug-likeness (QED) is 0.583. The molecule has 3 heteroatoms. The summed E-state index contributed by atoms with van der Waals surface area (Å²) in [6.45, 7) is 8.57. The molecule has 0 saturated carbocycles. The van der Waals surface area contributed by atoms with E-state index >= 15 is 0 Å². The zero-order chi connectivity index (χ0) is 12.2. The van der Waals surface area contributed by atoms with Crippen molar-refractivity contribution in [3.05, 3.63) is 36.1 Å². The van der Waals surface area contributed by atoms with Gasteiger partial charge < -0.3 is 9.16 Å². The van der Waals surface area contributed by atoms with Gasteiger partial charge >= 0.3 is 0 Å². The highest BCUT2D eigenvalue weighted by molar-refractivity contribution is 6.69. The van der Waals surface area contributed by atoms with Crippen LogP contribution in [0.5, 0.6) is 5.75 Å². The maximum absolute atomic E-state index is 5.75. The summed E-state index contributed by atoms with van der Waals surface area (Å²) in [6, 6.07) is 8.00. The Kier molecular flexibility index (Phi) is 4.18. The van der Waals surface area contributed by atoms with Crippen LogP contribution in [0.4, 0.5) is 0 Å². The molecule has 88 valence electrons.